The molecule has 1 saturated carbocycles. The smallest absolute Gasteiger partial charge is 0.320 e. The Hall–Kier alpha value is -3.86. The maximum absolute atomic E-state index is 13.5. The van der Waals surface area contributed by atoms with Gasteiger partial charge in [-0.2, -0.15) is 4.98 Å². The van der Waals surface area contributed by atoms with Crippen LogP contribution in [0.5, 0.6) is 0 Å². The van der Waals surface area contributed by atoms with Crippen molar-refractivity contribution >= 4 is 40.2 Å². The first kappa shape index (κ1) is 29.6. The summed E-state index contributed by atoms with van der Waals surface area (Å²) in [5.74, 6) is 0.671. The number of carbonyl (C=O) groups is 2. The summed E-state index contributed by atoms with van der Waals surface area (Å²) in [4.78, 5) is 58.5. The molecule has 1 aliphatic heterocycles. The van der Waals surface area contributed by atoms with E-state index in [0.717, 1.165) is 62.9 Å². The van der Waals surface area contributed by atoms with E-state index in [1.165, 1.54) is 6.92 Å². The molecule has 0 bridgehead atoms. The first-order valence-corrected chi connectivity index (χ1v) is 14.7. The number of hydrogen-bond acceptors (Lipinski definition) is 10. The second-order valence-corrected chi connectivity index (χ2v) is 12.4. The molecule has 0 spiro atoms. The summed E-state index contributed by atoms with van der Waals surface area (Å²) in [5, 5.41) is 0.720. The van der Waals surface area contributed by atoms with Gasteiger partial charge in [0.05, 0.1) is 24.0 Å². The van der Waals surface area contributed by atoms with Crippen LogP contribution >= 0.6 is 0 Å². The minimum Gasteiger partial charge on any atom is -0.459 e. The monoisotopic (exact) mass is 575 g/mol. The molecule has 224 valence electrons. The number of aryl methyl sites for hydroxylation is 1. The van der Waals surface area contributed by atoms with Gasteiger partial charge in [-0.05, 0) is 65.2 Å². The summed E-state index contributed by atoms with van der Waals surface area (Å²) < 4.78 is 7.18. The van der Waals surface area contributed by atoms with Gasteiger partial charge in [0.15, 0.2) is 5.78 Å². The lowest BCUT2D eigenvalue weighted by molar-refractivity contribution is -0.156. The van der Waals surface area contributed by atoms with E-state index in [0.29, 0.717) is 29.5 Å². The highest BCUT2D eigenvalue weighted by molar-refractivity contribution is 5.99. The summed E-state index contributed by atoms with van der Waals surface area (Å²) in [7, 11) is 1.85. The topological polar surface area (TPSA) is 114 Å². The van der Waals surface area contributed by atoms with E-state index < -0.39 is 5.60 Å². The number of ether oxygens (including phenoxy) is 1. The molecular formula is C31H41N7O4. The zero-order valence-corrected chi connectivity index (χ0v) is 25.5. The van der Waals surface area contributed by atoms with E-state index in [9.17, 15) is 14.4 Å². The number of ketones is 1. The molecular weight excluding hydrogens is 534 g/mol. The summed E-state index contributed by atoms with van der Waals surface area (Å²) in [6.45, 7) is 12.3. The third kappa shape index (κ3) is 6.16. The highest BCUT2D eigenvalue weighted by Crippen LogP contribution is 2.32. The molecule has 1 saturated heterocycles. The van der Waals surface area contributed by atoms with Crippen LogP contribution in [0.25, 0.3) is 11.0 Å². The van der Waals surface area contributed by atoms with Crippen LogP contribution in [0.1, 0.15) is 75.3 Å². The van der Waals surface area contributed by atoms with Crippen molar-refractivity contribution in [2.45, 2.75) is 71.9 Å². The fourth-order valence-corrected chi connectivity index (χ4v) is 5.99. The van der Waals surface area contributed by atoms with Crippen LogP contribution in [0.3, 0.4) is 0 Å². The fourth-order valence-electron chi connectivity index (χ4n) is 5.99. The van der Waals surface area contributed by atoms with Crippen LogP contribution in [0, 0.1) is 6.92 Å². The van der Waals surface area contributed by atoms with Crippen molar-refractivity contribution in [2.75, 3.05) is 49.6 Å². The SMILES string of the molecule is CC(=O)c1c(C)c2cnc(N(C)c3ccc(N4CCN(CC(=O)OC(C)(C)C)CC4)cn3)nc2n(C2CCCC2)c1=O. The number of nitrogens with zero attached hydrogens (tertiary/aromatic N) is 7. The fraction of sp³-hybridized carbons (Fsp3) is 0.548. The standard InChI is InChI=1S/C31H41N7O4/c1-20-24-18-33-30(34-28(24)38(22-9-7-8-10-22)29(41)27(20)21(2)39)35(6)25-12-11-23(17-32-25)37-15-13-36(14-16-37)19-26(40)42-31(3,4)5/h11-12,17-18,22H,7-10,13-16,19H2,1-6H3. The van der Waals surface area contributed by atoms with E-state index in [1.807, 2.05) is 46.1 Å². The molecule has 0 unspecified atom stereocenters. The van der Waals surface area contributed by atoms with E-state index in [4.69, 9.17) is 14.7 Å². The number of piperazine rings is 1. The van der Waals surface area contributed by atoms with Crippen LogP contribution in [-0.4, -0.2) is 81.5 Å². The second kappa shape index (κ2) is 11.8. The Balaban J connectivity index is 1.33. The number of rotatable bonds is 7. The molecule has 4 heterocycles. The molecule has 0 amide bonds. The number of Topliss-reactive ketones (excluding diaryl/α,β-unsaturated/α-hetero) is 1. The summed E-state index contributed by atoms with van der Waals surface area (Å²) >= 11 is 0. The van der Waals surface area contributed by atoms with Crippen molar-refractivity contribution in [1.29, 1.82) is 0 Å². The minimum absolute atomic E-state index is 0.0220. The lowest BCUT2D eigenvalue weighted by Gasteiger charge is -2.35. The molecule has 5 rings (SSSR count). The molecule has 1 aliphatic carbocycles. The van der Waals surface area contributed by atoms with Crippen LogP contribution in [0.2, 0.25) is 0 Å². The number of aromatic nitrogens is 4. The van der Waals surface area contributed by atoms with E-state index in [2.05, 4.69) is 14.8 Å². The number of anilines is 3. The van der Waals surface area contributed by atoms with Crippen molar-refractivity contribution < 1.29 is 14.3 Å². The average Bonchev–Trinajstić information content (AvgIpc) is 3.46. The zero-order chi connectivity index (χ0) is 30.2. The van der Waals surface area contributed by atoms with E-state index in [1.54, 1.807) is 22.6 Å². The van der Waals surface area contributed by atoms with Gasteiger partial charge in [-0.25, -0.2) is 9.97 Å². The normalized spacial score (nSPS) is 16.7. The first-order chi connectivity index (χ1) is 19.9. The largest absolute Gasteiger partial charge is 0.459 e. The van der Waals surface area contributed by atoms with Crippen molar-refractivity contribution in [3.8, 4) is 0 Å². The quantitative estimate of drug-likeness (QED) is 0.302. The van der Waals surface area contributed by atoms with Crippen molar-refractivity contribution in [1.82, 2.24) is 24.4 Å². The molecule has 11 heteroatoms. The van der Waals surface area contributed by atoms with Gasteiger partial charge in [0, 0.05) is 50.9 Å². The summed E-state index contributed by atoms with van der Waals surface area (Å²) in [6.07, 6.45) is 7.44. The average molecular weight is 576 g/mol. The van der Waals surface area contributed by atoms with Crippen LogP contribution in [-0.2, 0) is 9.53 Å². The number of pyridine rings is 2. The predicted molar refractivity (Wildman–Crippen MR) is 163 cm³/mol. The van der Waals surface area contributed by atoms with Gasteiger partial charge in [-0.3, -0.25) is 28.8 Å². The molecule has 0 N–H and O–H groups in total. The molecule has 3 aromatic rings. The highest BCUT2D eigenvalue weighted by atomic mass is 16.6. The van der Waals surface area contributed by atoms with Crippen LogP contribution in [0.15, 0.2) is 29.3 Å². The van der Waals surface area contributed by atoms with Gasteiger partial charge in [0.2, 0.25) is 5.95 Å². The highest BCUT2D eigenvalue weighted by Gasteiger charge is 2.27. The zero-order valence-electron chi connectivity index (χ0n) is 25.5. The predicted octanol–water partition coefficient (Wildman–Crippen LogP) is 4.04. The molecule has 42 heavy (non-hydrogen) atoms. The van der Waals surface area contributed by atoms with Gasteiger partial charge < -0.3 is 9.64 Å². The second-order valence-electron chi connectivity index (χ2n) is 12.4. The Kier molecular flexibility index (Phi) is 8.32. The molecule has 0 aromatic carbocycles. The van der Waals surface area contributed by atoms with Gasteiger partial charge in [-0.15, -0.1) is 0 Å². The van der Waals surface area contributed by atoms with E-state index in [-0.39, 0.29) is 28.9 Å². The molecule has 11 nitrogen and oxygen atoms in total. The van der Waals surface area contributed by atoms with Gasteiger partial charge in [0.1, 0.15) is 17.1 Å². The summed E-state index contributed by atoms with van der Waals surface area (Å²) in [5.41, 5.74) is 1.67. The molecule has 3 aromatic heterocycles. The van der Waals surface area contributed by atoms with Gasteiger partial charge in [0.25, 0.3) is 5.56 Å². The third-order valence-electron chi connectivity index (χ3n) is 8.12. The number of hydrogen-bond donors (Lipinski definition) is 0. The molecule has 2 fully saturated rings. The maximum atomic E-state index is 13.5. The Morgan fingerprint density at radius 3 is 2.33 bits per heavy atom. The van der Waals surface area contributed by atoms with E-state index >= 15 is 0 Å². The number of esters is 1. The molecule has 0 atom stereocenters. The third-order valence-corrected chi connectivity index (χ3v) is 8.12. The minimum atomic E-state index is -0.481. The van der Waals surface area contributed by atoms with Gasteiger partial charge in [-0.1, -0.05) is 12.8 Å². The van der Waals surface area contributed by atoms with Crippen LogP contribution < -0.4 is 15.4 Å². The Morgan fingerprint density at radius 1 is 1.05 bits per heavy atom. The number of fused-ring (bicyclic) bond motifs is 1. The number of carbonyl (C=O) groups excluding carboxylic acids is 2. The Bertz CT molecular complexity index is 1530. The Morgan fingerprint density at radius 2 is 1.74 bits per heavy atom. The summed E-state index contributed by atoms with van der Waals surface area (Å²) in [6, 6.07) is 3.99. The van der Waals surface area contributed by atoms with Gasteiger partial charge >= 0.3 is 5.97 Å². The molecule has 2 aliphatic rings. The lowest BCUT2D eigenvalue weighted by Crippen LogP contribution is -2.48. The van der Waals surface area contributed by atoms with Crippen molar-refractivity contribution in [2.24, 2.45) is 0 Å². The lowest BCUT2D eigenvalue weighted by atomic mass is 10.0. The molecule has 0 radical (unpaired) electrons. The Labute approximate surface area is 246 Å². The maximum Gasteiger partial charge on any atom is 0.320 e. The first-order valence-electron chi connectivity index (χ1n) is 14.7. The van der Waals surface area contributed by atoms with Crippen molar-refractivity contribution in [3.05, 3.63) is 46.0 Å². The van der Waals surface area contributed by atoms with Crippen molar-refractivity contribution in [3.63, 3.8) is 0 Å². The van der Waals surface area contributed by atoms with Crippen LogP contribution in [0.4, 0.5) is 17.5 Å².